The predicted octanol–water partition coefficient (Wildman–Crippen LogP) is 6.48. The highest BCUT2D eigenvalue weighted by Crippen LogP contribution is 2.68. The summed E-state index contributed by atoms with van der Waals surface area (Å²) in [5.74, 6) is 0.815. The van der Waals surface area contributed by atoms with E-state index in [1.165, 1.54) is 49.8 Å². The smallest absolute Gasteiger partial charge is 0.159 e. The summed E-state index contributed by atoms with van der Waals surface area (Å²) in [6.07, 6.45) is 15.0. The molecule has 0 radical (unpaired) electrons. The van der Waals surface area contributed by atoms with Crippen LogP contribution >= 0.6 is 0 Å². The van der Waals surface area contributed by atoms with E-state index in [0.29, 0.717) is 24.2 Å². The minimum atomic E-state index is 0.0635. The van der Waals surface area contributed by atoms with E-state index in [1.807, 2.05) is 6.08 Å². The molecule has 0 N–H and O–H groups in total. The summed E-state index contributed by atoms with van der Waals surface area (Å²) in [5, 5.41) is 0. The molecule has 0 unspecified atom stereocenters. The van der Waals surface area contributed by atoms with Crippen LogP contribution in [0.25, 0.3) is 0 Å². The number of allylic oxidation sites excluding steroid dienone is 2. The average Bonchev–Trinajstić information content (AvgIpc) is 3.57. The van der Waals surface area contributed by atoms with E-state index >= 15 is 0 Å². The summed E-state index contributed by atoms with van der Waals surface area (Å²) in [6, 6.07) is 1.15. The Balaban J connectivity index is 1.54. The Morgan fingerprint density at radius 3 is 2.55 bits per heavy atom. The fourth-order valence-electron chi connectivity index (χ4n) is 9.50. The third kappa shape index (κ3) is 2.21. The van der Waals surface area contributed by atoms with Gasteiger partial charge in [-0.05, 0) is 99.0 Å². The van der Waals surface area contributed by atoms with Crippen LogP contribution in [0.4, 0.5) is 0 Å². The zero-order valence-electron chi connectivity index (χ0n) is 20.9. The number of carbonyl (C=O) groups is 1. The summed E-state index contributed by atoms with van der Waals surface area (Å²) in [5.41, 5.74) is 14.5. The Hall–Kier alpha value is -2.03. The number of rotatable bonds is 4. The van der Waals surface area contributed by atoms with Crippen LogP contribution in [0.3, 0.4) is 0 Å². The first kappa shape index (κ1) is 20.4. The van der Waals surface area contributed by atoms with Crippen molar-refractivity contribution in [3.8, 4) is 0 Å². The van der Waals surface area contributed by atoms with Gasteiger partial charge in [0.25, 0.3) is 0 Å². The zero-order valence-corrected chi connectivity index (χ0v) is 20.9. The molecule has 0 aromatic carbocycles. The number of hydrogen-bond donors (Lipinski definition) is 0. The standard InChI is InChI=1S/C30H38N2O/c1-5-21-17(4)28(27-22(6-2)24-10-8-9-18-11-12-25(27)31(18)24)30-14-13-19-15-20(33)16-26(32(19)30)23(7-3)29(21)30/h16,18-19,28H,5-15H2,1-4H3/t18-,19+,28-,30+/m1/s1. The summed E-state index contributed by atoms with van der Waals surface area (Å²) in [4.78, 5) is 15.5. The SMILES string of the molecule is CCC1=C(C)[C@H](c2c(CC)c3n4c2CC[C@H]4CCC3)[C@@]23CC[C@H]4CC(=O)C=C(C(CC)=C12)N43. The highest BCUT2D eigenvalue weighted by molar-refractivity contribution is 5.93. The first-order valence-electron chi connectivity index (χ1n) is 13.8. The second kappa shape index (κ2) is 6.77. The number of aromatic nitrogens is 1. The number of hydrogen-bond acceptors (Lipinski definition) is 2. The lowest BCUT2D eigenvalue weighted by molar-refractivity contribution is -0.116. The average molecular weight is 443 g/mol. The van der Waals surface area contributed by atoms with Gasteiger partial charge in [-0.1, -0.05) is 26.3 Å². The minimum absolute atomic E-state index is 0.0635. The van der Waals surface area contributed by atoms with E-state index < -0.39 is 0 Å². The van der Waals surface area contributed by atoms with Crippen LogP contribution in [0.15, 0.2) is 34.1 Å². The maximum Gasteiger partial charge on any atom is 0.159 e. The van der Waals surface area contributed by atoms with Gasteiger partial charge in [0.1, 0.15) is 0 Å². The van der Waals surface area contributed by atoms with Crippen LogP contribution < -0.4 is 0 Å². The molecule has 5 aliphatic heterocycles. The highest BCUT2D eigenvalue weighted by atomic mass is 16.1. The summed E-state index contributed by atoms with van der Waals surface area (Å²) < 4.78 is 2.83. The molecule has 0 saturated carbocycles. The largest absolute Gasteiger partial charge is 0.357 e. The van der Waals surface area contributed by atoms with Gasteiger partial charge in [0, 0.05) is 47.6 Å². The molecule has 1 saturated heterocycles. The van der Waals surface area contributed by atoms with Crippen LogP contribution in [0.1, 0.15) is 114 Å². The number of carbonyl (C=O) groups excluding carboxylic acids is 1. The lowest BCUT2D eigenvalue weighted by Crippen LogP contribution is -2.48. The Labute approximate surface area is 198 Å². The lowest BCUT2D eigenvalue weighted by atomic mass is 9.73. The lowest BCUT2D eigenvalue weighted by Gasteiger charge is -2.44. The Kier molecular flexibility index (Phi) is 4.17. The normalized spacial score (nSPS) is 33.8. The fraction of sp³-hybridized carbons (Fsp3) is 0.633. The van der Waals surface area contributed by atoms with Crippen molar-refractivity contribution in [3.05, 3.63) is 56.6 Å². The molecule has 1 fully saturated rings. The molecule has 1 aliphatic carbocycles. The fourth-order valence-corrected chi connectivity index (χ4v) is 9.50. The topological polar surface area (TPSA) is 25.2 Å². The van der Waals surface area contributed by atoms with E-state index in [9.17, 15) is 4.79 Å². The number of ketones is 1. The maximum absolute atomic E-state index is 12.7. The third-order valence-corrected chi connectivity index (χ3v) is 10.3. The molecule has 3 nitrogen and oxygen atoms in total. The molecule has 3 heteroatoms. The molecule has 6 heterocycles. The van der Waals surface area contributed by atoms with Gasteiger partial charge in [0.05, 0.1) is 5.54 Å². The van der Waals surface area contributed by atoms with Crippen molar-refractivity contribution >= 4 is 5.78 Å². The summed E-state index contributed by atoms with van der Waals surface area (Å²) >= 11 is 0. The number of nitrogens with zero attached hydrogens (tertiary/aromatic N) is 2. The first-order chi connectivity index (χ1) is 16.1. The first-order valence-corrected chi connectivity index (χ1v) is 13.8. The molecular weight excluding hydrogens is 404 g/mol. The van der Waals surface area contributed by atoms with Crippen molar-refractivity contribution in [1.29, 1.82) is 0 Å². The van der Waals surface area contributed by atoms with Gasteiger partial charge in [-0.3, -0.25) is 4.79 Å². The molecule has 0 amide bonds. The monoisotopic (exact) mass is 442 g/mol. The second-order valence-electron chi connectivity index (χ2n) is 11.4. The summed E-state index contributed by atoms with van der Waals surface area (Å²) in [7, 11) is 0. The van der Waals surface area contributed by atoms with Gasteiger partial charge < -0.3 is 9.47 Å². The molecule has 1 aromatic heterocycles. The molecule has 7 rings (SSSR count). The molecule has 33 heavy (non-hydrogen) atoms. The van der Waals surface area contributed by atoms with Gasteiger partial charge in [-0.15, -0.1) is 0 Å². The van der Waals surface area contributed by atoms with Gasteiger partial charge >= 0.3 is 0 Å². The zero-order chi connectivity index (χ0) is 22.6. The predicted molar refractivity (Wildman–Crippen MR) is 132 cm³/mol. The highest BCUT2D eigenvalue weighted by Gasteiger charge is 2.65. The third-order valence-electron chi connectivity index (χ3n) is 10.3. The Bertz CT molecular complexity index is 1190. The second-order valence-corrected chi connectivity index (χ2v) is 11.4. The molecule has 1 spiro atoms. The van der Waals surface area contributed by atoms with Crippen LogP contribution in [0.5, 0.6) is 0 Å². The van der Waals surface area contributed by atoms with Gasteiger partial charge in [0.2, 0.25) is 0 Å². The molecule has 174 valence electrons. The van der Waals surface area contributed by atoms with E-state index in [4.69, 9.17) is 0 Å². The Morgan fingerprint density at radius 2 is 1.79 bits per heavy atom. The van der Waals surface area contributed by atoms with Crippen molar-refractivity contribution in [2.24, 2.45) is 0 Å². The van der Waals surface area contributed by atoms with Crippen LogP contribution in [0, 0.1) is 0 Å². The van der Waals surface area contributed by atoms with Gasteiger partial charge in [-0.25, -0.2) is 0 Å². The van der Waals surface area contributed by atoms with Crippen molar-refractivity contribution in [3.63, 3.8) is 0 Å². The maximum atomic E-state index is 12.7. The van der Waals surface area contributed by atoms with Crippen LogP contribution in [-0.2, 0) is 24.1 Å². The van der Waals surface area contributed by atoms with Gasteiger partial charge in [0.15, 0.2) is 5.78 Å². The van der Waals surface area contributed by atoms with Crippen molar-refractivity contribution in [1.82, 2.24) is 9.47 Å². The molecule has 6 aliphatic rings. The van der Waals surface area contributed by atoms with Crippen molar-refractivity contribution in [2.75, 3.05) is 0 Å². The van der Waals surface area contributed by atoms with Crippen molar-refractivity contribution in [2.45, 2.75) is 122 Å². The molecule has 0 bridgehead atoms. The van der Waals surface area contributed by atoms with Crippen molar-refractivity contribution < 1.29 is 4.79 Å². The van der Waals surface area contributed by atoms with Gasteiger partial charge in [-0.2, -0.15) is 0 Å². The Morgan fingerprint density at radius 1 is 0.970 bits per heavy atom. The quantitative estimate of drug-likeness (QED) is 0.533. The van der Waals surface area contributed by atoms with Crippen LogP contribution in [0.2, 0.25) is 0 Å². The van der Waals surface area contributed by atoms with E-state index in [2.05, 4.69) is 37.2 Å². The molecule has 1 aromatic rings. The molecule has 4 atom stereocenters. The van der Waals surface area contributed by atoms with E-state index in [0.717, 1.165) is 31.7 Å². The van der Waals surface area contributed by atoms with E-state index in [-0.39, 0.29) is 5.54 Å². The van der Waals surface area contributed by atoms with Crippen LogP contribution in [-0.4, -0.2) is 26.8 Å². The molecular formula is C30H38N2O. The summed E-state index contributed by atoms with van der Waals surface area (Å²) in [6.45, 7) is 9.53. The van der Waals surface area contributed by atoms with E-state index in [1.54, 1.807) is 39.2 Å². The minimum Gasteiger partial charge on any atom is -0.357 e.